The van der Waals surface area contributed by atoms with Gasteiger partial charge in [-0.15, -0.1) is 0 Å². The van der Waals surface area contributed by atoms with Crippen molar-refractivity contribution in [1.29, 1.82) is 0 Å². The second-order valence-electron chi connectivity index (χ2n) is 5.59. The number of hydrogen-bond acceptors (Lipinski definition) is 4. The predicted molar refractivity (Wildman–Crippen MR) is 93.6 cm³/mol. The summed E-state index contributed by atoms with van der Waals surface area (Å²) in [5.41, 5.74) is 1.76. The highest BCUT2D eigenvalue weighted by atomic mass is 32.2. The van der Waals surface area contributed by atoms with Gasteiger partial charge in [-0.25, -0.2) is 13.1 Å². The van der Waals surface area contributed by atoms with Crippen LogP contribution in [-0.2, 0) is 16.6 Å². The molecule has 0 saturated carbocycles. The zero-order chi connectivity index (χ0) is 18.7. The minimum absolute atomic E-state index is 0.0689. The molecule has 0 aliphatic rings. The molecular formula is C18H16F2N2O3S. The second kappa shape index (κ2) is 7.35. The summed E-state index contributed by atoms with van der Waals surface area (Å²) in [6, 6.07) is 12.6. The maximum absolute atomic E-state index is 12.7. The van der Waals surface area contributed by atoms with E-state index in [1.807, 2.05) is 6.92 Å². The van der Waals surface area contributed by atoms with Crippen molar-refractivity contribution in [1.82, 2.24) is 9.71 Å². The predicted octanol–water partition coefficient (Wildman–Crippen LogP) is 3.62. The van der Waals surface area contributed by atoms with Crippen molar-refractivity contribution in [2.75, 3.05) is 0 Å². The SMILES string of the molecule is Cc1ccc(S(=O)(=O)NCc2ccccc2OC(F)F)c2cccnc12. The van der Waals surface area contributed by atoms with E-state index in [-0.39, 0.29) is 17.2 Å². The highest BCUT2D eigenvalue weighted by Gasteiger charge is 2.19. The van der Waals surface area contributed by atoms with Gasteiger partial charge in [0.25, 0.3) is 0 Å². The number of aromatic nitrogens is 1. The fourth-order valence-corrected chi connectivity index (χ4v) is 3.84. The number of ether oxygens (including phenoxy) is 1. The summed E-state index contributed by atoms with van der Waals surface area (Å²) < 4.78 is 57.3. The first-order chi connectivity index (χ1) is 12.4. The van der Waals surface area contributed by atoms with Gasteiger partial charge in [-0.1, -0.05) is 24.3 Å². The minimum Gasteiger partial charge on any atom is -0.434 e. The van der Waals surface area contributed by atoms with E-state index in [1.165, 1.54) is 24.3 Å². The maximum atomic E-state index is 12.7. The molecule has 0 bridgehead atoms. The van der Waals surface area contributed by atoms with Gasteiger partial charge in [-0.2, -0.15) is 8.78 Å². The Balaban J connectivity index is 1.91. The van der Waals surface area contributed by atoms with Crippen molar-refractivity contribution in [3.63, 3.8) is 0 Å². The normalized spacial score (nSPS) is 11.8. The molecule has 0 saturated heterocycles. The Kier molecular flexibility index (Phi) is 5.15. The third-order valence-electron chi connectivity index (χ3n) is 3.86. The number of alkyl halides is 2. The van der Waals surface area contributed by atoms with Crippen molar-refractivity contribution in [3.8, 4) is 5.75 Å². The highest BCUT2D eigenvalue weighted by Crippen LogP contribution is 2.25. The fourth-order valence-electron chi connectivity index (χ4n) is 2.63. The van der Waals surface area contributed by atoms with Gasteiger partial charge >= 0.3 is 6.61 Å². The lowest BCUT2D eigenvalue weighted by molar-refractivity contribution is -0.0504. The molecule has 1 aromatic heterocycles. The van der Waals surface area contributed by atoms with Crippen LogP contribution in [0.4, 0.5) is 8.78 Å². The summed E-state index contributed by atoms with van der Waals surface area (Å²) in [5.74, 6) is -0.0689. The minimum atomic E-state index is -3.88. The van der Waals surface area contributed by atoms with Gasteiger partial charge in [0, 0.05) is 23.7 Å². The molecule has 3 rings (SSSR count). The van der Waals surface area contributed by atoms with E-state index < -0.39 is 16.6 Å². The van der Waals surface area contributed by atoms with Gasteiger partial charge in [0.2, 0.25) is 10.0 Å². The molecule has 136 valence electrons. The van der Waals surface area contributed by atoms with Gasteiger partial charge in [0.05, 0.1) is 10.4 Å². The van der Waals surface area contributed by atoms with Crippen LogP contribution in [0.2, 0.25) is 0 Å². The lowest BCUT2D eigenvalue weighted by Gasteiger charge is -2.13. The Bertz CT molecular complexity index is 1040. The summed E-state index contributed by atoms with van der Waals surface area (Å²) in [5, 5.41) is 0.497. The quantitative estimate of drug-likeness (QED) is 0.711. The molecule has 0 amide bonds. The van der Waals surface area contributed by atoms with Crippen molar-refractivity contribution in [3.05, 3.63) is 65.9 Å². The molecule has 0 fully saturated rings. The van der Waals surface area contributed by atoms with Crippen molar-refractivity contribution in [2.24, 2.45) is 0 Å². The van der Waals surface area contributed by atoms with E-state index in [0.29, 0.717) is 16.5 Å². The van der Waals surface area contributed by atoms with Crippen LogP contribution < -0.4 is 9.46 Å². The Morgan fingerprint density at radius 1 is 1.12 bits per heavy atom. The van der Waals surface area contributed by atoms with Crippen LogP contribution in [0, 0.1) is 6.92 Å². The third kappa shape index (κ3) is 3.81. The first-order valence-electron chi connectivity index (χ1n) is 7.75. The third-order valence-corrected chi connectivity index (χ3v) is 5.32. The van der Waals surface area contributed by atoms with Gasteiger partial charge in [-0.05, 0) is 36.8 Å². The maximum Gasteiger partial charge on any atom is 0.387 e. The summed E-state index contributed by atoms with van der Waals surface area (Å²) in [7, 11) is -3.88. The van der Waals surface area contributed by atoms with Crippen molar-refractivity contribution in [2.45, 2.75) is 25.0 Å². The number of sulfonamides is 1. The Morgan fingerprint density at radius 2 is 1.88 bits per heavy atom. The average molecular weight is 378 g/mol. The summed E-state index contributed by atoms with van der Waals surface area (Å²) in [6.45, 7) is -1.32. The standard InChI is InChI=1S/C18H16F2N2O3S/c1-12-8-9-16(14-6-4-10-21-17(12)14)26(23,24)22-11-13-5-2-3-7-15(13)25-18(19)20/h2-10,18,22H,11H2,1H3. The lowest BCUT2D eigenvalue weighted by atomic mass is 10.1. The monoisotopic (exact) mass is 378 g/mol. The molecule has 0 atom stereocenters. The molecule has 0 unspecified atom stereocenters. The topological polar surface area (TPSA) is 68.3 Å². The molecule has 26 heavy (non-hydrogen) atoms. The number of halogens is 2. The molecule has 0 aliphatic carbocycles. The van der Waals surface area contributed by atoms with Gasteiger partial charge in [0.15, 0.2) is 0 Å². The number of rotatable bonds is 6. The molecule has 0 radical (unpaired) electrons. The van der Waals surface area contributed by atoms with E-state index in [2.05, 4.69) is 14.4 Å². The van der Waals surface area contributed by atoms with Crippen LogP contribution in [0.5, 0.6) is 5.75 Å². The van der Waals surface area contributed by atoms with Crippen molar-refractivity contribution >= 4 is 20.9 Å². The van der Waals surface area contributed by atoms with Crippen LogP contribution in [-0.4, -0.2) is 20.0 Å². The first-order valence-corrected chi connectivity index (χ1v) is 9.23. The molecule has 8 heteroatoms. The summed E-state index contributed by atoms with van der Waals surface area (Å²) >= 11 is 0. The number of nitrogens with zero attached hydrogens (tertiary/aromatic N) is 1. The zero-order valence-corrected chi connectivity index (χ0v) is 14.6. The number of benzene rings is 2. The number of para-hydroxylation sites is 1. The van der Waals surface area contributed by atoms with E-state index >= 15 is 0 Å². The molecule has 1 N–H and O–H groups in total. The molecule has 2 aromatic carbocycles. The lowest BCUT2D eigenvalue weighted by Crippen LogP contribution is -2.24. The molecule has 0 spiro atoms. The molecule has 3 aromatic rings. The molecule has 1 heterocycles. The Labute approximate surface area is 149 Å². The Morgan fingerprint density at radius 3 is 2.65 bits per heavy atom. The highest BCUT2D eigenvalue weighted by molar-refractivity contribution is 7.89. The van der Waals surface area contributed by atoms with Gasteiger partial charge < -0.3 is 4.74 Å². The zero-order valence-electron chi connectivity index (χ0n) is 13.8. The Hall–Kier alpha value is -2.58. The van der Waals surface area contributed by atoms with Gasteiger partial charge in [-0.3, -0.25) is 4.98 Å². The van der Waals surface area contributed by atoms with E-state index in [4.69, 9.17) is 0 Å². The second-order valence-corrected chi connectivity index (χ2v) is 7.33. The van der Waals surface area contributed by atoms with Crippen LogP contribution in [0.15, 0.2) is 59.6 Å². The van der Waals surface area contributed by atoms with E-state index in [9.17, 15) is 17.2 Å². The van der Waals surface area contributed by atoms with Gasteiger partial charge in [0.1, 0.15) is 5.75 Å². The number of aryl methyl sites for hydroxylation is 1. The van der Waals surface area contributed by atoms with Crippen LogP contribution in [0.1, 0.15) is 11.1 Å². The smallest absolute Gasteiger partial charge is 0.387 e. The van der Waals surface area contributed by atoms with Crippen molar-refractivity contribution < 1.29 is 21.9 Å². The van der Waals surface area contributed by atoms with Crippen LogP contribution in [0.25, 0.3) is 10.9 Å². The number of fused-ring (bicyclic) bond motifs is 1. The largest absolute Gasteiger partial charge is 0.434 e. The summed E-state index contributed by atoms with van der Waals surface area (Å²) in [4.78, 5) is 4.31. The number of pyridine rings is 1. The summed E-state index contributed by atoms with van der Waals surface area (Å²) in [6.07, 6.45) is 1.59. The number of nitrogens with one attached hydrogen (secondary N) is 1. The average Bonchev–Trinajstić information content (AvgIpc) is 2.61. The molecular weight excluding hydrogens is 362 g/mol. The van der Waals surface area contributed by atoms with Crippen LogP contribution >= 0.6 is 0 Å². The van der Waals surface area contributed by atoms with Crippen LogP contribution in [0.3, 0.4) is 0 Å². The van der Waals surface area contributed by atoms with E-state index in [1.54, 1.807) is 30.5 Å². The van der Waals surface area contributed by atoms with E-state index in [0.717, 1.165) is 5.56 Å². The molecule has 0 aliphatic heterocycles. The molecule has 5 nitrogen and oxygen atoms in total. The fraction of sp³-hybridized carbons (Fsp3) is 0.167. The first kappa shape index (κ1) is 18.2. The number of hydrogen-bond donors (Lipinski definition) is 1.